The Kier molecular flexibility index (Phi) is 7.08. The van der Waals surface area contributed by atoms with Gasteiger partial charge < -0.3 is 19.5 Å². The largest absolute Gasteiger partial charge is 0.490 e. The Bertz CT molecular complexity index is 1350. The van der Waals surface area contributed by atoms with Crippen LogP contribution in [0.15, 0.2) is 71.6 Å². The van der Waals surface area contributed by atoms with Crippen molar-refractivity contribution in [2.24, 2.45) is 0 Å². The summed E-state index contributed by atoms with van der Waals surface area (Å²) in [7, 11) is -3.86. The molecule has 0 radical (unpaired) electrons. The van der Waals surface area contributed by atoms with Gasteiger partial charge in [0, 0.05) is 23.9 Å². The smallest absolute Gasteiger partial charge is 0.265 e. The number of nitriles is 1. The van der Waals surface area contributed by atoms with Gasteiger partial charge in [-0.25, -0.2) is 8.42 Å². The Balaban J connectivity index is 1.37. The van der Waals surface area contributed by atoms with Gasteiger partial charge in [0.1, 0.15) is 5.75 Å². The Morgan fingerprint density at radius 3 is 2.31 bits per heavy atom. The van der Waals surface area contributed by atoms with Crippen molar-refractivity contribution in [3.8, 4) is 23.3 Å². The highest BCUT2D eigenvalue weighted by atomic mass is 32.2. The number of benzene rings is 3. The van der Waals surface area contributed by atoms with Crippen molar-refractivity contribution in [2.45, 2.75) is 24.3 Å². The van der Waals surface area contributed by atoms with Crippen molar-refractivity contribution < 1.29 is 27.4 Å². The summed E-state index contributed by atoms with van der Waals surface area (Å²) in [5, 5.41) is 11.6. The summed E-state index contributed by atoms with van der Waals surface area (Å²) in [6.45, 7) is 2.57. The predicted octanol–water partition coefficient (Wildman–Crippen LogP) is 3.93. The molecule has 0 aromatic heterocycles. The van der Waals surface area contributed by atoms with Gasteiger partial charge in [-0.15, -0.1) is 0 Å². The van der Waals surface area contributed by atoms with Crippen molar-refractivity contribution in [1.82, 2.24) is 0 Å². The highest BCUT2D eigenvalue weighted by molar-refractivity contribution is 7.92. The van der Waals surface area contributed by atoms with Crippen molar-refractivity contribution >= 4 is 27.3 Å². The summed E-state index contributed by atoms with van der Waals surface area (Å²) in [5.41, 5.74) is 1.30. The number of hydrogen-bond acceptors (Lipinski definition) is 7. The molecule has 10 heteroatoms. The fourth-order valence-corrected chi connectivity index (χ4v) is 4.33. The molecule has 2 N–H and O–H groups in total. The zero-order chi connectivity index (χ0) is 24.8. The van der Waals surface area contributed by atoms with Gasteiger partial charge >= 0.3 is 0 Å². The molecule has 1 amide bonds. The Labute approximate surface area is 203 Å². The number of hydrogen-bond donors (Lipinski definition) is 2. The lowest BCUT2D eigenvalue weighted by atomic mass is 10.2. The maximum Gasteiger partial charge on any atom is 0.265 e. The van der Waals surface area contributed by atoms with E-state index < -0.39 is 16.1 Å². The van der Waals surface area contributed by atoms with E-state index in [2.05, 4.69) is 10.0 Å². The number of ether oxygens (including phenoxy) is 3. The molecule has 180 valence electrons. The highest BCUT2D eigenvalue weighted by Gasteiger charge is 2.19. The molecule has 0 bridgehead atoms. The number of fused-ring (bicyclic) bond motifs is 1. The SMILES string of the molecule is C[C@H](Oc1ccc(C#N)cc1)C(=O)Nc1ccc(NS(=O)(=O)c2ccc3c(c2)OCCCO3)cc1. The maximum atomic E-state index is 12.8. The fraction of sp³-hybridized carbons (Fsp3) is 0.200. The molecule has 0 saturated carbocycles. The summed E-state index contributed by atoms with van der Waals surface area (Å²) < 4.78 is 44.9. The van der Waals surface area contributed by atoms with E-state index in [-0.39, 0.29) is 10.8 Å². The summed E-state index contributed by atoms with van der Waals surface area (Å²) >= 11 is 0. The molecule has 1 aliphatic heterocycles. The molecule has 0 aliphatic carbocycles. The molecule has 1 atom stereocenters. The van der Waals surface area contributed by atoms with Gasteiger partial charge in [0.15, 0.2) is 17.6 Å². The van der Waals surface area contributed by atoms with Crippen LogP contribution in [0.1, 0.15) is 18.9 Å². The van der Waals surface area contributed by atoms with E-state index in [0.717, 1.165) is 6.42 Å². The quantitative estimate of drug-likeness (QED) is 0.511. The first-order valence-corrected chi connectivity index (χ1v) is 12.3. The molecular weight excluding hydrogens is 470 g/mol. The van der Waals surface area contributed by atoms with Gasteiger partial charge in [-0.05, 0) is 67.6 Å². The van der Waals surface area contributed by atoms with E-state index >= 15 is 0 Å². The normalized spacial score (nSPS) is 13.6. The molecule has 1 aliphatic rings. The Morgan fingerprint density at radius 2 is 1.63 bits per heavy atom. The molecule has 4 rings (SSSR count). The van der Waals surface area contributed by atoms with Gasteiger partial charge in [-0.2, -0.15) is 5.26 Å². The predicted molar refractivity (Wildman–Crippen MR) is 129 cm³/mol. The van der Waals surface area contributed by atoms with Crippen LogP contribution in [0, 0.1) is 11.3 Å². The maximum absolute atomic E-state index is 12.8. The molecule has 9 nitrogen and oxygen atoms in total. The molecular formula is C25H23N3O6S. The molecule has 3 aromatic carbocycles. The van der Waals surface area contributed by atoms with Crippen molar-refractivity contribution in [2.75, 3.05) is 23.3 Å². The van der Waals surface area contributed by atoms with Crippen LogP contribution in [-0.2, 0) is 14.8 Å². The highest BCUT2D eigenvalue weighted by Crippen LogP contribution is 2.32. The minimum atomic E-state index is -3.86. The van der Waals surface area contributed by atoms with Crippen LogP contribution in [0.25, 0.3) is 0 Å². The minimum Gasteiger partial charge on any atom is -0.490 e. The number of amides is 1. The van der Waals surface area contributed by atoms with Crippen LogP contribution in [0.4, 0.5) is 11.4 Å². The fourth-order valence-electron chi connectivity index (χ4n) is 3.26. The van der Waals surface area contributed by atoms with Gasteiger partial charge in [-0.3, -0.25) is 9.52 Å². The molecule has 0 unspecified atom stereocenters. The van der Waals surface area contributed by atoms with E-state index in [1.54, 1.807) is 61.5 Å². The summed E-state index contributed by atoms with van der Waals surface area (Å²) in [6, 6.07) is 19.2. The first kappa shape index (κ1) is 23.9. The summed E-state index contributed by atoms with van der Waals surface area (Å²) in [4.78, 5) is 12.5. The number of rotatable bonds is 7. The zero-order valence-corrected chi connectivity index (χ0v) is 19.7. The lowest BCUT2D eigenvalue weighted by Crippen LogP contribution is -2.30. The molecule has 1 heterocycles. The third-order valence-corrected chi connectivity index (χ3v) is 6.48. The van der Waals surface area contributed by atoms with Crippen molar-refractivity contribution in [3.05, 3.63) is 72.3 Å². The molecule has 0 fully saturated rings. The van der Waals surface area contributed by atoms with E-state index in [1.165, 1.54) is 12.1 Å². The first-order chi connectivity index (χ1) is 16.8. The van der Waals surface area contributed by atoms with E-state index in [4.69, 9.17) is 19.5 Å². The summed E-state index contributed by atoms with van der Waals surface area (Å²) in [5.74, 6) is 0.987. The van der Waals surface area contributed by atoms with Crippen molar-refractivity contribution in [3.63, 3.8) is 0 Å². The molecule has 0 saturated heterocycles. The Morgan fingerprint density at radius 1 is 0.971 bits per heavy atom. The van der Waals surface area contributed by atoms with Crippen LogP contribution < -0.4 is 24.2 Å². The third-order valence-electron chi connectivity index (χ3n) is 5.10. The monoisotopic (exact) mass is 493 g/mol. The van der Waals surface area contributed by atoms with Crippen LogP contribution in [0.3, 0.4) is 0 Å². The van der Waals surface area contributed by atoms with Crippen LogP contribution in [0.5, 0.6) is 17.2 Å². The average Bonchev–Trinajstić information content (AvgIpc) is 3.10. The van der Waals surface area contributed by atoms with Crippen molar-refractivity contribution in [1.29, 1.82) is 5.26 Å². The molecule has 3 aromatic rings. The first-order valence-electron chi connectivity index (χ1n) is 10.8. The second-order valence-electron chi connectivity index (χ2n) is 7.73. The van der Waals surface area contributed by atoms with E-state index in [9.17, 15) is 13.2 Å². The number of nitrogens with zero attached hydrogens (tertiary/aromatic N) is 1. The van der Waals surface area contributed by atoms with Crippen LogP contribution in [-0.4, -0.2) is 33.6 Å². The van der Waals surface area contributed by atoms with E-state index in [0.29, 0.717) is 47.4 Å². The number of carbonyl (C=O) groups is 1. The molecule has 0 spiro atoms. The van der Waals surface area contributed by atoms with Crippen LogP contribution >= 0.6 is 0 Å². The second-order valence-corrected chi connectivity index (χ2v) is 9.41. The topological polar surface area (TPSA) is 127 Å². The zero-order valence-electron chi connectivity index (χ0n) is 18.9. The average molecular weight is 494 g/mol. The van der Waals surface area contributed by atoms with Crippen LogP contribution in [0.2, 0.25) is 0 Å². The number of anilines is 2. The Hall–Kier alpha value is -4.23. The lowest BCUT2D eigenvalue weighted by molar-refractivity contribution is -0.122. The second kappa shape index (κ2) is 10.4. The van der Waals surface area contributed by atoms with Gasteiger partial charge in [-0.1, -0.05) is 0 Å². The summed E-state index contributed by atoms with van der Waals surface area (Å²) in [6.07, 6.45) is -0.0707. The van der Waals surface area contributed by atoms with Gasteiger partial charge in [0.2, 0.25) is 0 Å². The van der Waals surface area contributed by atoms with Gasteiger partial charge in [0.05, 0.1) is 29.7 Å². The third kappa shape index (κ3) is 6.02. The number of sulfonamides is 1. The number of nitrogens with one attached hydrogen (secondary N) is 2. The lowest BCUT2D eigenvalue weighted by Gasteiger charge is -2.15. The minimum absolute atomic E-state index is 0.0490. The molecule has 35 heavy (non-hydrogen) atoms. The standard InChI is InChI=1S/C25H23N3O6S/c1-17(34-21-9-3-18(16-26)4-10-21)25(29)27-19-5-7-20(8-6-19)28-35(30,31)22-11-12-23-24(15-22)33-14-2-13-32-23/h3-12,15,17,28H,2,13-14H2,1H3,(H,27,29)/t17-/m0/s1. The number of carbonyl (C=O) groups excluding carboxylic acids is 1. The van der Waals surface area contributed by atoms with Gasteiger partial charge in [0.25, 0.3) is 15.9 Å². The van der Waals surface area contributed by atoms with E-state index in [1.807, 2.05) is 6.07 Å².